The molecule has 0 saturated heterocycles. The van der Waals surface area contributed by atoms with Crippen LogP contribution >= 0.6 is 0 Å². The van der Waals surface area contributed by atoms with E-state index in [1.54, 1.807) is 10.9 Å². The van der Waals surface area contributed by atoms with Crippen molar-refractivity contribution in [2.45, 2.75) is 46.2 Å². The molecule has 0 aliphatic heterocycles. The Morgan fingerprint density at radius 1 is 1.43 bits per heavy atom. The van der Waals surface area contributed by atoms with Gasteiger partial charge >= 0.3 is 0 Å². The highest BCUT2D eigenvalue weighted by molar-refractivity contribution is 5.76. The molecule has 1 atom stereocenters. The van der Waals surface area contributed by atoms with Crippen molar-refractivity contribution in [2.75, 3.05) is 0 Å². The van der Waals surface area contributed by atoms with Gasteiger partial charge < -0.3 is 5.32 Å². The normalized spacial score (nSPS) is 12.1. The highest BCUT2D eigenvalue weighted by Gasteiger charge is 2.11. The minimum atomic E-state index is -0.00835. The Morgan fingerprint density at radius 3 is 2.90 bits per heavy atom. The van der Waals surface area contributed by atoms with E-state index in [9.17, 15) is 4.79 Å². The van der Waals surface area contributed by atoms with Crippen LogP contribution in [0.2, 0.25) is 0 Å². The van der Waals surface area contributed by atoms with Crippen LogP contribution in [-0.4, -0.2) is 37.1 Å². The van der Waals surface area contributed by atoms with Crippen LogP contribution in [0.25, 0.3) is 0 Å². The van der Waals surface area contributed by atoms with Gasteiger partial charge in [0.15, 0.2) is 0 Å². The Bertz CT molecular complexity index is 609. The van der Waals surface area contributed by atoms with Crippen molar-refractivity contribution in [1.29, 1.82) is 0 Å². The highest BCUT2D eigenvalue weighted by atomic mass is 16.1. The van der Waals surface area contributed by atoms with Crippen LogP contribution in [0.3, 0.4) is 0 Å². The lowest BCUT2D eigenvalue weighted by molar-refractivity contribution is -0.121. The second-order valence-corrected chi connectivity index (χ2v) is 5.14. The molecule has 0 unspecified atom stereocenters. The van der Waals surface area contributed by atoms with Gasteiger partial charge in [0.05, 0.1) is 6.54 Å². The van der Waals surface area contributed by atoms with Gasteiger partial charge in [0.2, 0.25) is 5.91 Å². The third-order valence-electron chi connectivity index (χ3n) is 3.29. The summed E-state index contributed by atoms with van der Waals surface area (Å²) >= 11 is 0. The van der Waals surface area contributed by atoms with Gasteiger partial charge in [0.1, 0.15) is 5.82 Å². The molecule has 0 saturated carbocycles. The van der Waals surface area contributed by atoms with E-state index in [0.717, 1.165) is 17.7 Å². The number of pyridine rings is 1. The van der Waals surface area contributed by atoms with Crippen molar-refractivity contribution < 1.29 is 4.79 Å². The zero-order chi connectivity index (χ0) is 15.2. The average Bonchev–Trinajstić information content (AvgIpc) is 2.84. The number of aromatic nitrogens is 5. The van der Waals surface area contributed by atoms with Crippen molar-refractivity contribution >= 4 is 5.91 Å². The molecular formula is C14H20N6O. The Hall–Kier alpha value is -2.31. The van der Waals surface area contributed by atoms with E-state index in [4.69, 9.17) is 0 Å². The number of hydrogen-bond acceptors (Lipinski definition) is 5. The summed E-state index contributed by atoms with van der Waals surface area (Å²) in [6, 6.07) is 3.98. The van der Waals surface area contributed by atoms with Gasteiger partial charge in [-0.3, -0.25) is 9.78 Å². The molecule has 2 heterocycles. The Balaban J connectivity index is 1.80. The zero-order valence-electron chi connectivity index (χ0n) is 12.6. The maximum atomic E-state index is 11.9. The maximum Gasteiger partial charge on any atom is 0.222 e. The molecule has 0 bridgehead atoms. The number of nitrogens with zero attached hydrogens (tertiary/aromatic N) is 5. The summed E-state index contributed by atoms with van der Waals surface area (Å²) in [7, 11) is 0. The second-order valence-electron chi connectivity index (χ2n) is 5.14. The standard InChI is InChI=1S/C14H20N6O/c1-10-5-4-7-15-13(10)9-11(2)16-14(21)6-8-20-12(3)17-18-19-20/h4-5,7,11H,6,8-9H2,1-3H3,(H,16,21)/t11-/m1/s1. The Labute approximate surface area is 123 Å². The summed E-state index contributed by atoms with van der Waals surface area (Å²) < 4.78 is 1.62. The predicted molar refractivity (Wildman–Crippen MR) is 77.5 cm³/mol. The van der Waals surface area contributed by atoms with E-state index in [0.29, 0.717) is 18.8 Å². The highest BCUT2D eigenvalue weighted by Crippen LogP contribution is 2.06. The molecule has 112 valence electrons. The third kappa shape index (κ3) is 4.34. The van der Waals surface area contributed by atoms with Crippen LogP contribution in [0.1, 0.15) is 30.4 Å². The van der Waals surface area contributed by atoms with E-state index in [-0.39, 0.29) is 11.9 Å². The van der Waals surface area contributed by atoms with Crippen LogP contribution in [0.4, 0.5) is 0 Å². The number of nitrogens with one attached hydrogen (secondary N) is 1. The van der Waals surface area contributed by atoms with Crippen molar-refractivity contribution in [1.82, 2.24) is 30.5 Å². The topological polar surface area (TPSA) is 85.6 Å². The van der Waals surface area contributed by atoms with Crippen LogP contribution in [0.15, 0.2) is 18.3 Å². The summed E-state index contributed by atoms with van der Waals surface area (Å²) in [6.07, 6.45) is 2.86. The van der Waals surface area contributed by atoms with Crippen molar-refractivity contribution in [3.63, 3.8) is 0 Å². The number of amides is 1. The molecule has 0 fully saturated rings. The van der Waals surface area contributed by atoms with Gasteiger partial charge in [0.25, 0.3) is 0 Å². The minimum absolute atomic E-state index is 0.00835. The number of tetrazole rings is 1. The lowest BCUT2D eigenvalue weighted by Gasteiger charge is -2.14. The van der Waals surface area contributed by atoms with Crippen molar-refractivity contribution in [3.8, 4) is 0 Å². The summed E-state index contributed by atoms with van der Waals surface area (Å²) in [5.74, 6) is 0.700. The Morgan fingerprint density at radius 2 is 2.24 bits per heavy atom. The van der Waals surface area contributed by atoms with E-state index in [1.165, 1.54) is 0 Å². The first-order valence-electron chi connectivity index (χ1n) is 6.99. The lowest BCUT2D eigenvalue weighted by atomic mass is 10.1. The fraction of sp³-hybridized carbons (Fsp3) is 0.500. The number of hydrogen-bond donors (Lipinski definition) is 1. The van der Waals surface area contributed by atoms with E-state index < -0.39 is 0 Å². The molecule has 0 aromatic carbocycles. The average molecular weight is 288 g/mol. The van der Waals surface area contributed by atoms with Gasteiger partial charge in [-0.25, -0.2) is 4.68 Å². The molecule has 2 aromatic rings. The fourth-order valence-electron chi connectivity index (χ4n) is 2.08. The minimum Gasteiger partial charge on any atom is -0.353 e. The third-order valence-corrected chi connectivity index (χ3v) is 3.29. The monoisotopic (exact) mass is 288 g/mol. The summed E-state index contributed by atoms with van der Waals surface area (Å²) in [6.45, 7) is 6.30. The lowest BCUT2D eigenvalue weighted by Crippen LogP contribution is -2.35. The molecule has 1 amide bonds. The van der Waals surface area contributed by atoms with Crippen LogP contribution in [0.5, 0.6) is 0 Å². The molecule has 0 spiro atoms. The van der Waals surface area contributed by atoms with Gasteiger partial charge in [-0.2, -0.15) is 0 Å². The molecular weight excluding hydrogens is 268 g/mol. The van der Waals surface area contributed by atoms with Crippen LogP contribution < -0.4 is 5.32 Å². The Kier molecular flexibility index (Phi) is 4.97. The van der Waals surface area contributed by atoms with Gasteiger partial charge in [-0.1, -0.05) is 6.07 Å². The van der Waals surface area contributed by atoms with Crippen LogP contribution in [0, 0.1) is 13.8 Å². The largest absolute Gasteiger partial charge is 0.353 e. The van der Waals surface area contributed by atoms with Crippen molar-refractivity contribution in [2.24, 2.45) is 0 Å². The molecule has 7 heteroatoms. The molecule has 2 rings (SSSR count). The van der Waals surface area contributed by atoms with Crippen molar-refractivity contribution in [3.05, 3.63) is 35.4 Å². The molecule has 7 nitrogen and oxygen atoms in total. The van der Waals surface area contributed by atoms with E-state index >= 15 is 0 Å². The van der Waals surface area contributed by atoms with E-state index in [2.05, 4.69) is 25.8 Å². The summed E-state index contributed by atoms with van der Waals surface area (Å²) in [5, 5.41) is 14.1. The van der Waals surface area contributed by atoms with E-state index in [1.807, 2.05) is 32.9 Å². The molecule has 0 radical (unpaired) electrons. The van der Waals surface area contributed by atoms with Gasteiger partial charge in [-0.15, -0.1) is 5.10 Å². The first-order chi connectivity index (χ1) is 10.1. The van der Waals surface area contributed by atoms with Gasteiger partial charge in [-0.05, 0) is 42.8 Å². The quantitative estimate of drug-likeness (QED) is 0.850. The molecule has 21 heavy (non-hydrogen) atoms. The zero-order valence-corrected chi connectivity index (χ0v) is 12.6. The summed E-state index contributed by atoms with van der Waals surface area (Å²) in [4.78, 5) is 16.3. The predicted octanol–water partition coefficient (Wildman–Crippen LogP) is 0.822. The van der Waals surface area contributed by atoms with Gasteiger partial charge in [0, 0.05) is 30.8 Å². The second kappa shape index (κ2) is 6.92. The fourth-order valence-corrected chi connectivity index (χ4v) is 2.08. The van der Waals surface area contributed by atoms with Crippen LogP contribution in [-0.2, 0) is 17.8 Å². The summed E-state index contributed by atoms with van der Waals surface area (Å²) in [5.41, 5.74) is 2.16. The smallest absolute Gasteiger partial charge is 0.222 e. The number of aryl methyl sites for hydroxylation is 3. The maximum absolute atomic E-state index is 11.9. The molecule has 0 aliphatic carbocycles. The molecule has 1 N–H and O–H groups in total. The molecule has 2 aromatic heterocycles. The number of carbonyl (C=O) groups is 1. The first-order valence-corrected chi connectivity index (χ1v) is 6.99. The SMILES string of the molecule is Cc1cccnc1C[C@@H](C)NC(=O)CCn1nnnc1C. The first kappa shape index (κ1) is 15.1. The number of carbonyl (C=O) groups excluding carboxylic acids is 1. The number of rotatable bonds is 6. The molecule has 0 aliphatic rings.